The molecular weight excluding hydrogens is 279 g/mol. The maximum Gasteiger partial charge on any atom is 0.335 e. The number of rotatable bonds is 2. The Morgan fingerprint density at radius 2 is 1.83 bits per heavy atom. The van der Waals surface area contributed by atoms with Gasteiger partial charge in [0.1, 0.15) is 5.02 Å². The molecule has 0 unspecified atom stereocenters. The topological polar surface area (TPSA) is 72.2 Å². The molecule has 0 aliphatic rings. The van der Waals surface area contributed by atoms with Crippen LogP contribution in [0.2, 0.25) is 10.0 Å². The van der Waals surface area contributed by atoms with Crippen LogP contribution in [0.1, 0.15) is 10.4 Å². The highest BCUT2D eigenvalue weighted by molar-refractivity contribution is 6.41. The molecular formula is C11H6Cl2N2O3. The first-order valence-corrected chi connectivity index (χ1v) is 5.53. The van der Waals surface area contributed by atoms with Crippen molar-refractivity contribution < 1.29 is 9.90 Å². The van der Waals surface area contributed by atoms with E-state index < -0.39 is 11.5 Å². The molecule has 0 aliphatic heterocycles. The number of hydrogen-bond donors (Lipinski definition) is 1. The number of halogens is 2. The summed E-state index contributed by atoms with van der Waals surface area (Å²) >= 11 is 11.4. The van der Waals surface area contributed by atoms with Crippen LogP contribution in [0.15, 0.2) is 35.3 Å². The van der Waals surface area contributed by atoms with E-state index in [2.05, 4.69) is 5.10 Å². The first-order chi connectivity index (χ1) is 8.50. The van der Waals surface area contributed by atoms with Crippen LogP contribution in [0.5, 0.6) is 0 Å². The molecule has 0 aliphatic carbocycles. The second-order valence-corrected chi connectivity index (χ2v) is 4.16. The minimum atomic E-state index is -1.05. The van der Waals surface area contributed by atoms with Gasteiger partial charge in [0.2, 0.25) is 0 Å². The molecule has 2 rings (SSSR count). The third-order valence-corrected chi connectivity index (χ3v) is 2.98. The average Bonchev–Trinajstić information content (AvgIpc) is 2.36. The summed E-state index contributed by atoms with van der Waals surface area (Å²) in [6.45, 7) is 0. The van der Waals surface area contributed by atoms with Gasteiger partial charge in [-0.15, -0.1) is 0 Å². The molecule has 0 fully saturated rings. The number of carboxylic acids is 1. The Bertz CT molecular complexity index is 665. The Kier molecular flexibility index (Phi) is 3.36. The van der Waals surface area contributed by atoms with Crippen molar-refractivity contribution in [2.45, 2.75) is 0 Å². The zero-order valence-corrected chi connectivity index (χ0v) is 10.3. The van der Waals surface area contributed by atoms with E-state index >= 15 is 0 Å². The van der Waals surface area contributed by atoms with Crippen molar-refractivity contribution in [3.8, 4) is 5.69 Å². The zero-order valence-electron chi connectivity index (χ0n) is 8.80. The van der Waals surface area contributed by atoms with Gasteiger partial charge in [-0.05, 0) is 24.3 Å². The van der Waals surface area contributed by atoms with Gasteiger partial charge in [-0.25, -0.2) is 4.79 Å². The fourth-order valence-corrected chi connectivity index (χ4v) is 1.60. The molecule has 0 spiro atoms. The third kappa shape index (κ3) is 2.23. The quantitative estimate of drug-likeness (QED) is 0.918. The van der Waals surface area contributed by atoms with E-state index in [1.165, 1.54) is 30.5 Å². The van der Waals surface area contributed by atoms with E-state index in [0.717, 1.165) is 4.68 Å². The Balaban J connectivity index is 2.53. The van der Waals surface area contributed by atoms with Crippen LogP contribution in [0.4, 0.5) is 0 Å². The van der Waals surface area contributed by atoms with E-state index in [9.17, 15) is 9.59 Å². The number of benzene rings is 1. The van der Waals surface area contributed by atoms with E-state index in [1.54, 1.807) is 0 Å². The van der Waals surface area contributed by atoms with Crippen molar-refractivity contribution in [2.75, 3.05) is 0 Å². The molecule has 1 aromatic heterocycles. The number of nitrogens with zero attached hydrogens (tertiary/aromatic N) is 2. The predicted octanol–water partition coefficient (Wildman–Crippen LogP) is 2.24. The van der Waals surface area contributed by atoms with Crippen LogP contribution in [0.3, 0.4) is 0 Å². The minimum Gasteiger partial charge on any atom is -0.478 e. The monoisotopic (exact) mass is 284 g/mol. The van der Waals surface area contributed by atoms with Crippen LogP contribution in [-0.2, 0) is 0 Å². The van der Waals surface area contributed by atoms with Crippen LogP contribution in [0.25, 0.3) is 5.69 Å². The summed E-state index contributed by atoms with van der Waals surface area (Å²) in [6, 6.07) is 5.66. The molecule has 0 radical (unpaired) electrons. The van der Waals surface area contributed by atoms with Crippen LogP contribution < -0.4 is 5.56 Å². The molecule has 0 atom stereocenters. The SMILES string of the molecule is O=C(O)c1ccc(-n2ncc(Cl)c(Cl)c2=O)cc1. The summed E-state index contributed by atoms with van der Waals surface area (Å²) in [5.41, 5.74) is -0.0392. The van der Waals surface area contributed by atoms with Gasteiger partial charge in [-0.1, -0.05) is 23.2 Å². The largest absolute Gasteiger partial charge is 0.478 e. The Hall–Kier alpha value is -1.85. The highest BCUT2D eigenvalue weighted by Crippen LogP contribution is 2.16. The van der Waals surface area contributed by atoms with Crippen molar-refractivity contribution in [3.05, 3.63) is 56.4 Å². The van der Waals surface area contributed by atoms with Crippen molar-refractivity contribution in [1.29, 1.82) is 0 Å². The van der Waals surface area contributed by atoms with Gasteiger partial charge in [0, 0.05) is 0 Å². The summed E-state index contributed by atoms with van der Waals surface area (Å²) in [5.74, 6) is -1.05. The molecule has 1 aromatic carbocycles. The second-order valence-electron chi connectivity index (χ2n) is 3.38. The van der Waals surface area contributed by atoms with Gasteiger partial charge in [-0.2, -0.15) is 9.78 Å². The fourth-order valence-electron chi connectivity index (χ4n) is 1.34. The second kappa shape index (κ2) is 4.80. The highest BCUT2D eigenvalue weighted by Gasteiger charge is 2.09. The molecule has 0 saturated heterocycles. The number of hydrogen-bond acceptors (Lipinski definition) is 3. The summed E-state index contributed by atoms with van der Waals surface area (Å²) in [7, 11) is 0. The van der Waals surface area contributed by atoms with Crippen molar-refractivity contribution in [1.82, 2.24) is 9.78 Å². The number of aromatic carboxylic acids is 1. The number of aromatic nitrogens is 2. The van der Waals surface area contributed by atoms with E-state index in [1.807, 2.05) is 0 Å². The molecule has 92 valence electrons. The molecule has 0 bridgehead atoms. The molecule has 2 aromatic rings. The molecule has 0 amide bonds. The molecule has 18 heavy (non-hydrogen) atoms. The lowest BCUT2D eigenvalue weighted by Gasteiger charge is -2.05. The summed E-state index contributed by atoms with van der Waals surface area (Å²) in [4.78, 5) is 22.5. The zero-order chi connectivity index (χ0) is 13.3. The molecule has 1 N–H and O–H groups in total. The van der Waals surface area contributed by atoms with Gasteiger partial charge in [0.15, 0.2) is 0 Å². The molecule has 7 heteroatoms. The van der Waals surface area contributed by atoms with Crippen LogP contribution in [-0.4, -0.2) is 20.9 Å². The van der Waals surface area contributed by atoms with Gasteiger partial charge in [0.25, 0.3) is 5.56 Å². The standard InChI is InChI=1S/C11H6Cl2N2O3/c12-8-5-14-15(10(16)9(8)13)7-3-1-6(2-4-7)11(17)18/h1-5H,(H,17,18). The summed E-state index contributed by atoms with van der Waals surface area (Å²) in [6.07, 6.45) is 1.25. The smallest absolute Gasteiger partial charge is 0.335 e. The van der Waals surface area contributed by atoms with E-state index in [-0.39, 0.29) is 15.6 Å². The van der Waals surface area contributed by atoms with Gasteiger partial charge < -0.3 is 5.11 Å². The maximum atomic E-state index is 11.8. The lowest BCUT2D eigenvalue weighted by atomic mass is 10.2. The van der Waals surface area contributed by atoms with Crippen LogP contribution >= 0.6 is 23.2 Å². The van der Waals surface area contributed by atoms with Crippen molar-refractivity contribution in [2.24, 2.45) is 0 Å². The minimum absolute atomic E-state index is 0.0695. The van der Waals surface area contributed by atoms with E-state index in [4.69, 9.17) is 28.3 Å². The van der Waals surface area contributed by atoms with Gasteiger partial charge in [0.05, 0.1) is 22.5 Å². The predicted molar refractivity (Wildman–Crippen MR) is 66.8 cm³/mol. The van der Waals surface area contributed by atoms with Crippen molar-refractivity contribution >= 4 is 29.2 Å². The lowest BCUT2D eigenvalue weighted by Crippen LogP contribution is -2.21. The molecule has 5 nitrogen and oxygen atoms in total. The first kappa shape index (κ1) is 12.6. The van der Waals surface area contributed by atoms with Gasteiger partial charge >= 0.3 is 5.97 Å². The summed E-state index contributed by atoms with van der Waals surface area (Å²) < 4.78 is 1.04. The first-order valence-electron chi connectivity index (χ1n) is 4.78. The van der Waals surface area contributed by atoms with Crippen LogP contribution in [0, 0.1) is 0 Å². The average molecular weight is 285 g/mol. The summed E-state index contributed by atoms with van der Waals surface area (Å²) in [5, 5.41) is 12.5. The Morgan fingerprint density at radius 1 is 1.22 bits per heavy atom. The maximum absolute atomic E-state index is 11.8. The normalized spacial score (nSPS) is 10.3. The fraction of sp³-hybridized carbons (Fsp3) is 0. The van der Waals surface area contributed by atoms with Gasteiger partial charge in [-0.3, -0.25) is 4.79 Å². The lowest BCUT2D eigenvalue weighted by molar-refractivity contribution is 0.0697. The number of carboxylic acid groups (broad SMARTS) is 1. The third-order valence-electron chi connectivity index (χ3n) is 2.24. The Labute approximate surface area is 111 Å². The molecule has 0 saturated carbocycles. The van der Waals surface area contributed by atoms with Crippen molar-refractivity contribution in [3.63, 3.8) is 0 Å². The molecule has 1 heterocycles. The Morgan fingerprint density at radius 3 is 2.39 bits per heavy atom. The van der Waals surface area contributed by atoms with E-state index in [0.29, 0.717) is 5.69 Å². The number of carbonyl (C=O) groups is 1. The highest BCUT2D eigenvalue weighted by atomic mass is 35.5.